The van der Waals surface area contributed by atoms with Crippen molar-refractivity contribution >= 4 is 23.7 Å². The molecule has 2 rings (SSSR count). The lowest BCUT2D eigenvalue weighted by Gasteiger charge is -2.24. The second kappa shape index (κ2) is 13.1. The number of carboxylic acid groups (broad SMARTS) is 1. The number of aliphatic hydroxyl groups excluding tert-OH is 1. The Kier molecular flexibility index (Phi) is 10.2. The molecule has 3 amide bonds. The van der Waals surface area contributed by atoms with Crippen LogP contribution in [-0.4, -0.2) is 64.7 Å². The molecule has 2 aromatic carbocycles. The first-order valence-electron chi connectivity index (χ1n) is 10.8. The van der Waals surface area contributed by atoms with Gasteiger partial charge in [-0.25, -0.2) is 4.79 Å². The first kappa shape index (κ1) is 26.5. The van der Waals surface area contributed by atoms with Crippen molar-refractivity contribution in [2.75, 3.05) is 6.61 Å². The Hall–Kier alpha value is -3.76. The number of amides is 3. The van der Waals surface area contributed by atoms with Gasteiger partial charge in [-0.2, -0.15) is 0 Å². The fourth-order valence-corrected chi connectivity index (χ4v) is 3.15. The molecule has 10 heteroatoms. The van der Waals surface area contributed by atoms with Crippen LogP contribution in [0.1, 0.15) is 18.1 Å². The SMILES string of the molecule is CC(N)C(=O)NC(CO)C(=O)NC(Cc1ccccc1)C(=O)NC(Cc1ccccc1)C(=O)O. The zero-order valence-electron chi connectivity index (χ0n) is 18.8. The van der Waals surface area contributed by atoms with E-state index in [4.69, 9.17) is 5.73 Å². The average molecular weight is 471 g/mol. The van der Waals surface area contributed by atoms with Crippen molar-refractivity contribution in [3.05, 3.63) is 71.8 Å². The van der Waals surface area contributed by atoms with Crippen molar-refractivity contribution < 1.29 is 29.4 Å². The van der Waals surface area contributed by atoms with Crippen molar-refractivity contribution in [1.29, 1.82) is 0 Å². The number of aliphatic hydroxyl groups is 1. The molecule has 0 saturated carbocycles. The van der Waals surface area contributed by atoms with Crippen LogP contribution in [-0.2, 0) is 32.0 Å². The van der Waals surface area contributed by atoms with E-state index in [1.165, 1.54) is 6.92 Å². The summed E-state index contributed by atoms with van der Waals surface area (Å²) in [6, 6.07) is 13.0. The Morgan fingerprint density at radius 2 is 1.15 bits per heavy atom. The van der Waals surface area contributed by atoms with Crippen LogP contribution in [0.4, 0.5) is 0 Å². The monoisotopic (exact) mass is 470 g/mol. The summed E-state index contributed by atoms with van der Waals surface area (Å²) >= 11 is 0. The third kappa shape index (κ3) is 8.30. The van der Waals surface area contributed by atoms with Crippen LogP contribution in [0.15, 0.2) is 60.7 Å². The molecule has 0 spiro atoms. The standard InChI is InChI=1S/C24H30N4O6/c1-15(25)21(30)28-20(14-29)23(32)26-18(12-16-8-4-2-5-9-16)22(31)27-19(24(33)34)13-17-10-6-3-7-11-17/h2-11,15,18-20,29H,12-14,25H2,1H3,(H,26,32)(H,27,31)(H,28,30)(H,33,34). The zero-order chi connectivity index (χ0) is 25.1. The second-order valence-electron chi connectivity index (χ2n) is 7.87. The van der Waals surface area contributed by atoms with Gasteiger partial charge in [0.25, 0.3) is 0 Å². The highest BCUT2D eigenvalue weighted by molar-refractivity contribution is 5.94. The number of rotatable bonds is 12. The Morgan fingerprint density at radius 3 is 1.59 bits per heavy atom. The van der Waals surface area contributed by atoms with Crippen molar-refractivity contribution in [2.24, 2.45) is 5.73 Å². The summed E-state index contributed by atoms with van der Waals surface area (Å²) < 4.78 is 0. The molecule has 0 fully saturated rings. The molecule has 0 heterocycles. The van der Waals surface area contributed by atoms with Gasteiger partial charge in [-0.1, -0.05) is 60.7 Å². The van der Waals surface area contributed by atoms with Gasteiger partial charge in [0.1, 0.15) is 18.1 Å². The average Bonchev–Trinajstić information content (AvgIpc) is 2.82. The van der Waals surface area contributed by atoms with E-state index in [2.05, 4.69) is 16.0 Å². The van der Waals surface area contributed by atoms with Gasteiger partial charge in [0, 0.05) is 12.8 Å². The first-order valence-corrected chi connectivity index (χ1v) is 10.8. The minimum atomic E-state index is -1.33. The van der Waals surface area contributed by atoms with Gasteiger partial charge >= 0.3 is 5.97 Å². The van der Waals surface area contributed by atoms with Gasteiger partial charge in [-0.3, -0.25) is 14.4 Å². The summed E-state index contributed by atoms with van der Waals surface area (Å²) in [7, 11) is 0. The Balaban J connectivity index is 2.19. The maximum absolute atomic E-state index is 13.1. The summed E-state index contributed by atoms with van der Waals surface area (Å²) in [5, 5.41) is 26.5. The number of carboxylic acids is 1. The topological polar surface area (TPSA) is 171 Å². The van der Waals surface area contributed by atoms with Gasteiger partial charge < -0.3 is 31.9 Å². The number of carbonyl (C=O) groups excluding carboxylic acids is 3. The summed E-state index contributed by atoms with van der Waals surface area (Å²) in [6.45, 7) is 0.710. The summed E-state index contributed by atoms with van der Waals surface area (Å²) in [6.07, 6.45) is 0.118. The van der Waals surface area contributed by atoms with Gasteiger partial charge in [0.15, 0.2) is 0 Å². The molecule has 0 bridgehead atoms. The number of nitrogens with one attached hydrogen (secondary N) is 3. The van der Waals surface area contributed by atoms with Gasteiger partial charge in [0.05, 0.1) is 12.6 Å². The van der Waals surface area contributed by atoms with Crippen LogP contribution in [0.5, 0.6) is 0 Å². The molecule has 4 atom stereocenters. The predicted octanol–water partition coefficient (Wildman–Crippen LogP) is -0.650. The molecular formula is C24H30N4O6. The number of hydrogen-bond donors (Lipinski definition) is 6. The zero-order valence-corrected chi connectivity index (χ0v) is 18.8. The number of nitrogens with two attached hydrogens (primary N) is 1. The Labute approximate surface area is 197 Å². The second-order valence-corrected chi connectivity index (χ2v) is 7.87. The van der Waals surface area contributed by atoms with E-state index in [0.717, 1.165) is 11.1 Å². The van der Waals surface area contributed by atoms with Crippen LogP contribution in [0.25, 0.3) is 0 Å². The lowest BCUT2D eigenvalue weighted by atomic mass is 10.0. The maximum Gasteiger partial charge on any atom is 0.326 e. The molecule has 2 aromatic rings. The summed E-state index contributed by atoms with van der Waals surface area (Å²) in [5.74, 6) is -3.38. The van der Waals surface area contributed by atoms with Crippen molar-refractivity contribution in [3.8, 4) is 0 Å². The third-order valence-corrected chi connectivity index (χ3v) is 5.04. The molecule has 0 aliphatic carbocycles. The fourth-order valence-electron chi connectivity index (χ4n) is 3.15. The predicted molar refractivity (Wildman–Crippen MR) is 124 cm³/mol. The third-order valence-electron chi connectivity index (χ3n) is 5.04. The summed E-state index contributed by atoms with van der Waals surface area (Å²) in [4.78, 5) is 49.4. The van der Waals surface area contributed by atoms with Crippen molar-refractivity contribution in [1.82, 2.24) is 16.0 Å². The Morgan fingerprint density at radius 1 is 0.735 bits per heavy atom. The van der Waals surface area contributed by atoms with Gasteiger partial charge in [0.2, 0.25) is 17.7 Å². The largest absolute Gasteiger partial charge is 0.480 e. The van der Waals surface area contributed by atoms with E-state index in [1.54, 1.807) is 60.7 Å². The molecule has 0 saturated heterocycles. The van der Waals surface area contributed by atoms with Crippen LogP contribution >= 0.6 is 0 Å². The lowest BCUT2D eigenvalue weighted by Crippen LogP contribution is -2.58. The molecule has 0 radical (unpaired) electrons. The van der Waals surface area contributed by atoms with E-state index in [-0.39, 0.29) is 12.8 Å². The first-order chi connectivity index (χ1) is 16.2. The van der Waals surface area contributed by atoms with E-state index in [0.29, 0.717) is 0 Å². The molecule has 34 heavy (non-hydrogen) atoms. The summed E-state index contributed by atoms with van der Waals surface area (Å²) in [5.41, 5.74) is 6.93. The quantitative estimate of drug-likeness (QED) is 0.239. The van der Waals surface area contributed by atoms with Gasteiger partial charge in [-0.15, -0.1) is 0 Å². The molecule has 0 aromatic heterocycles. The fraction of sp³-hybridized carbons (Fsp3) is 0.333. The Bertz CT molecular complexity index is 968. The van der Waals surface area contributed by atoms with Crippen molar-refractivity contribution in [3.63, 3.8) is 0 Å². The minimum absolute atomic E-state index is 0.0532. The number of benzene rings is 2. The molecular weight excluding hydrogens is 440 g/mol. The van der Waals surface area contributed by atoms with Crippen molar-refractivity contribution in [2.45, 2.75) is 43.9 Å². The number of hydrogen-bond acceptors (Lipinski definition) is 6. The van der Waals surface area contributed by atoms with Crippen LogP contribution in [0, 0.1) is 0 Å². The van der Waals surface area contributed by atoms with Crippen LogP contribution < -0.4 is 21.7 Å². The van der Waals surface area contributed by atoms with E-state index in [1.807, 2.05) is 0 Å². The molecule has 7 N–H and O–H groups in total. The maximum atomic E-state index is 13.1. The highest BCUT2D eigenvalue weighted by Crippen LogP contribution is 2.07. The highest BCUT2D eigenvalue weighted by atomic mass is 16.4. The van der Waals surface area contributed by atoms with E-state index in [9.17, 15) is 29.4 Å². The number of aliphatic carboxylic acids is 1. The van der Waals surface area contributed by atoms with Gasteiger partial charge in [-0.05, 0) is 18.1 Å². The normalized spacial score (nSPS) is 14.2. The highest BCUT2D eigenvalue weighted by Gasteiger charge is 2.30. The van der Waals surface area contributed by atoms with Crippen LogP contribution in [0.2, 0.25) is 0 Å². The lowest BCUT2D eigenvalue weighted by molar-refractivity contribution is -0.142. The van der Waals surface area contributed by atoms with E-state index < -0.39 is 54.5 Å². The molecule has 182 valence electrons. The molecule has 0 aliphatic heterocycles. The molecule has 10 nitrogen and oxygen atoms in total. The minimum Gasteiger partial charge on any atom is -0.480 e. The molecule has 0 aliphatic rings. The number of carbonyl (C=O) groups is 4. The smallest absolute Gasteiger partial charge is 0.326 e. The van der Waals surface area contributed by atoms with Crippen LogP contribution in [0.3, 0.4) is 0 Å². The van der Waals surface area contributed by atoms with E-state index >= 15 is 0 Å². The molecule has 4 unspecified atom stereocenters.